The number of fused-ring (bicyclic) bond motifs is 2. The highest BCUT2D eigenvalue weighted by Crippen LogP contribution is 2.27. The quantitative estimate of drug-likeness (QED) is 0.528. The molecule has 0 unspecified atom stereocenters. The number of hydrogen-bond donors (Lipinski definition) is 0. The average molecular weight is 399 g/mol. The van der Waals surface area contributed by atoms with Crippen LogP contribution in [-0.4, -0.2) is 50.4 Å². The largest absolute Gasteiger partial charge is 0.353 e. The first kappa shape index (κ1) is 16.8. The normalized spacial score (nSPS) is 15.8. The molecule has 0 bridgehead atoms. The molecule has 27 heavy (non-hydrogen) atoms. The summed E-state index contributed by atoms with van der Waals surface area (Å²) in [5.41, 5.74) is 1.79. The molecule has 0 N–H and O–H groups in total. The summed E-state index contributed by atoms with van der Waals surface area (Å²) < 4.78 is 1.67. The van der Waals surface area contributed by atoms with Crippen LogP contribution < -0.4 is 10.5 Å². The third-order valence-electron chi connectivity index (χ3n) is 4.93. The van der Waals surface area contributed by atoms with E-state index in [0.29, 0.717) is 6.54 Å². The lowest BCUT2D eigenvalue weighted by Crippen LogP contribution is -2.46. The van der Waals surface area contributed by atoms with Gasteiger partial charge in [0.2, 0.25) is 0 Å². The first-order valence-corrected chi connectivity index (χ1v) is 10.6. The van der Waals surface area contributed by atoms with Crippen molar-refractivity contribution in [2.75, 3.05) is 31.1 Å². The van der Waals surface area contributed by atoms with E-state index in [-0.39, 0.29) is 5.56 Å². The molecule has 5 rings (SSSR count). The number of thiazole rings is 1. The molecule has 4 aromatic heterocycles. The maximum absolute atomic E-state index is 12.3. The van der Waals surface area contributed by atoms with Crippen molar-refractivity contribution < 1.29 is 0 Å². The fourth-order valence-electron chi connectivity index (χ4n) is 3.56. The zero-order chi connectivity index (χ0) is 18.4. The Morgan fingerprint density at radius 1 is 1.15 bits per heavy atom. The molecule has 1 saturated heterocycles. The average Bonchev–Trinajstić information content (AvgIpc) is 3.29. The fraction of sp³-hybridized carbons (Fsp3) is 0.333. The highest BCUT2D eigenvalue weighted by molar-refractivity contribution is 7.16. The number of hydrogen-bond acceptors (Lipinski definition) is 8. The van der Waals surface area contributed by atoms with Gasteiger partial charge in [-0.25, -0.2) is 15.0 Å². The van der Waals surface area contributed by atoms with Crippen molar-refractivity contribution in [3.8, 4) is 0 Å². The molecular weight excluding hydrogens is 380 g/mol. The van der Waals surface area contributed by atoms with Crippen molar-refractivity contribution in [2.45, 2.75) is 13.5 Å². The molecule has 0 atom stereocenters. The summed E-state index contributed by atoms with van der Waals surface area (Å²) in [7, 11) is 0. The minimum Gasteiger partial charge on any atom is -0.353 e. The predicted molar refractivity (Wildman–Crippen MR) is 109 cm³/mol. The summed E-state index contributed by atoms with van der Waals surface area (Å²) in [4.78, 5) is 32.3. The van der Waals surface area contributed by atoms with Crippen LogP contribution in [0, 0.1) is 6.92 Å². The van der Waals surface area contributed by atoms with Gasteiger partial charge in [0, 0.05) is 49.9 Å². The van der Waals surface area contributed by atoms with Gasteiger partial charge in [-0.15, -0.1) is 22.7 Å². The van der Waals surface area contributed by atoms with E-state index in [9.17, 15) is 4.79 Å². The van der Waals surface area contributed by atoms with Gasteiger partial charge in [-0.3, -0.25) is 14.1 Å². The Bertz CT molecular complexity index is 1170. The first-order valence-electron chi connectivity index (χ1n) is 8.81. The molecular formula is C18H18N6OS2. The van der Waals surface area contributed by atoms with E-state index in [1.807, 2.05) is 12.3 Å². The van der Waals surface area contributed by atoms with E-state index in [1.165, 1.54) is 11.3 Å². The number of aromatic nitrogens is 4. The first-order chi connectivity index (χ1) is 13.2. The monoisotopic (exact) mass is 398 g/mol. The summed E-state index contributed by atoms with van der Waals surface area (Å²) in [6, 6.07) is 3.76. The highest BCUT2D eigenvalue weighted by Gasteiger charge is 2.21. The number of aryl methyl sites for hydroxylation is 1. The number of piperazine rings is 1. The van der Waals surface area contributed by atoms with E-state index in [1.54, 1.807) is 28.1 Å². The minimum atomic E-state index is 0.00761. The fourth-order valence-corrected chi connectivity index (χ4v) is 5.18. The molecule has 7 nitrogen and oxygen atoms in total. The summed E-state index contributed by atoms with van der Waals surface area (Å²) in [6.07, 6.45) is 1.65. The Morgan fingerprint density at radius 2 is 2.00 bits per heavy atom. The SMILES string of the molecule is Cc1csc2nc(CN3CCN(c4ncnc5sccc45)CC3)cc(=O)n12. The van der Waals surface area contributed by atoms with Gasteiger partial charge >= 0.3 is 0 Å². The van der Waals surface area contributed by atoms with Gasteiger partial charge in [0.1, 0.15) is 17.0 Å². The lowest BCUT2D eigenvalue weighted by atomic mass is 10.2. The second-order valence-corrected chi connectivity index (χ2v) is 8.41. The molecule has 9 heteroatoms. The van der Waals surface area contributed by atoms with Gasteiger partial charge in [-0.05, 0) is 18.4 Å². The molecule has 4 aromatic rings. The molecule has 0 aromatic carbocycles. The third kappa shape index (κ3) is 3.01. The standard InChI is InChI=1S/C18H18N6OS2/c1-12-10-27-18-21-13(8-15(25)24(12)18)9-22-3-5-23(6-4-22)16-14-2-7-26-17(14)20-11-19-16/h2,7-8,10-11H,3-6,9H2,1H3. The van der Waals surface area contributed by atoms with Crippen molar-refractivity contribution in [3.05, 3.63) is 51.0 Å². The van der Waals surface area contributed by atoms with Gasteiger partial charge in [0.15, 0.2) is 4.96 Å². The van der Waals surface area contributed by atoms with Gasteiger partial charge in [-0.1, -0.05) is 0 Å². The molecule has 0 amide bonds. The lowest BCUT2D eigenvalue weighted by molar-refractivity contribution is 0.247. The van der Waals surface area contributed by atoms with Crippen LogP contribution in [0.25, 0.3) is 15.2 Å². The number of thiophene rings is 1. The Morgan fingerprint density at radius 3 is 2.85 bits per heavy atom. The molecule has 1 fully saturated rings. The molecule has 1 aliphatic rings. The minimum absolute atomic E-state index is 0.00761. The summed E-state index contributed by atoms with van der Waals surface area (Å²) in [6.45, 7) is 6.28. The molecule has 0 saturated carbocycles. The zero-order valence-corrected chi connectivity index (χ0v) is 16.5. The Kier molecular flexibility index (Phi) is 4.14. The van der Waals surface area contributed by atoms with Crippen LogP contribution in [0.2, 0.25) is 0 Å². The molecule has 5 heterocycles. The Labute approximate surface area is 163 Å². The van der Waals surface area contributed by atoms with Crippen molar-refractivity contribution in [1.29, 1.82) is 0 Å². The van der Waals surface area contributed by atoms with Gasteiger partial charge in [0.25, 0.3) is 5.56 Å². The molecule has 0 spiro atoms. The number of rotatable bonds is 3. The van der Waals surface area contributed by atoms with Crippen LogP contribution in [0.1, 0.15) is 11.4 Å². The van der Waals surface area contributed by atoms with Crippen molar-refractivity contribution in [3.63, 3.8) is 0 Å². The molecule has 138 valence electrons. The second-order valence-electron chi connectivity index (χ2n) is 6.68. The maximum Gasteiger partial charge on any atom is 0.259 e. The van der Waals surface area contributed by atoms with Crippen LogP contribution in [0.5, 0.6) is 0 Å². The number of anilines is 1. The molecule has 0 aliphatic carbocycles. The van der Waals surface area contributed by atoms with E-state index < -0.39 is 0 Å². The third-order valence-corrected chi connectivity index (χ3v) is 6.69. The van der Waals surface area contributed by atoms with Crippen molar-refractivity contribution in [1.82, 2.24) is 24.3 Å². The molecule has 0 radical (unpaired) electrons. The summed E-state index contributed by atoms with van der Waals surface area (Å²) >= 11 is 3.16. The zero-order valence-electron chi connectivity index (χ0n) is 14.8. The van der Waals surface area contributed by atoms with Crippen molar-refractivity contribution in [2.24, 2.45) is 0 Å². The predicted octanol–water partition coefficient (Wildman–Crippen LogP) is 2.39. The van der Waals surface area contributed by atoms with E-state index in [2.05, 4.69) is 36.2 Å². The second kappa shape index (κ2) is 6.66. The number of nitrogens with zero attached hydrogens (tertiary/aromatic N) is 6. The van der Waals surface area contributed by atoms with E-state index in [0.717, 1.165) is 58.6 Å². The van der Waals surface area contributed by atoms with Crippen LogP contribution in [0.3, 0.4) is 0 Å². The smallest absolute Gasteiger partial charge is 0.259 e. The van der Waals surface area contributed by atoms with Crippen molar-refractivity contribution >= 4 is 43.7 Å². The summed E-state index contributed by atoms with van der Waals surface area (Å²) in [5, 5.41) is 5.16. The Hall–Kier alpha value is -2.36. The lowest BCUT2D eigenvalue weighted by Gasteiger charge is -2.35. The van der Waals surface area contributed by atoms with Crippen LogP contribution in [-0.2, 0) is 6.54 Å². The van der Waals surface area contributed by atoms with Crippen LogP contribution >= 0.6 is 22.7 Å². The van der Waals surface area contributed by atoms with Crippen LogP contribution in [0.4, 0.5) is 5.82 Å². The maximum atomic E-state index is 12.3. The Balaban J connectivity index is 1.31. The van der Waals surface area contributed by atoms with Gasteiger partial charge in [0.05, 0.1) is 11.1 Å². The van der Waals surface area contributed by atoms with Crippen LogP contribution in [0.15, 0.2) is 34.0 Å². The topological polar surface area (TPSA) is 66.6 Å². The van der Waals surface area contributed by atoms with E-state index >= 15 is 0 Å². The molecule has 1 aliphatic heterocycles. The van der Waals surface area contributed by atoms with Gasteiger partial charge in [-0.2, -0.15) is 0 Å². The highest BCUT2D eigenvalue weighted by atomic mass is 32.1. The van der Waals surface area contributed by atoms with E-state index in [4.69, 9.17) is 0 Å². The summed E-state index contributed by atoms with van der Waals surface area (Å²) in [5.74, 6) is 1.02. The van der Waals surface area contributed by atoms with Gasteiger partial charge < -0.3 is 4.90 Å².